The first-order chi connectivity index (χ1) is 42.1. The predicted molar refractivity (Wildman–Crippen MR) is 316 cm³/mol. The summed E-state index contributed by atoms with van der Waals surface area (Å²) < 4.78 is 0. The molecule has 1 aromatic rings. The molecule has 0 fully saturated rings. The Morgan fingerprint density at radius 1 is 0.511 bits per heavy atom. The van der Waals surface area contributed by atoms with Gasteiger partial charge < -0.3 is 112 Å². The molecule has 0 aliphatic rings. The maximum Gasteiger partial charge on any atom is 0.326 e. The van der Waals surface area contributed by atoms with Crippen molar-refractivity contribution in [1.82, 2.24) is 58.5 Å². The molecule has 11 amide bonds. The number of nitrogens with one attached hydrogen (secondary N) is 12. The number of benzene rings is 1. The van der Waals surface area contributed by atoms with E-state index in [9.17, 15) is 97.8 Å². The molecule has 0 bridgehead atoms. The number of aliphatic hydroxyl groups is 2. The molecule has 0 heterocycles. The number of carbonyl (C=O) groups is 14. The van der Waals surface area contributed by atoms with E-state index in [-0.39, 0.29) is 63.8 Å². The zero-order chi connectivity index (χ0) is 68.5. The smallest absolute Gasteiger partial charge is 0.326 e. The van der Waals surface area contributed by atoms with Crippen molar-refractivity contribution in [3.8, 4) is 5.75 Å². The van der Waals surface area contributed by atoms with Gasteiger partial charge in [-0.3, -0.25) is 67.7 Å². The largest absolute Gasteiger partial charge is 0.508 e. The first-order valence-corrected chi connectivity index (χ1v) is 28.7. The number of nitrogens with two attached hydrogens (primary N) is 4. The highest BCUT2D eigenvalue weighted by Gasteiger charge is 2.38. The summed E-state index contributed by atoms with van der Waals surface area (Å²) >= 11 is 0. The van der Waals surface area contributed by atoms with Gasteiger partial charge in [-0.2, -0.15) is 0 Å². The molecule has 0 radical (unpaired) electrons. The zero-order valence-electron chi connectivity index (χ0n) is 50.6. The fourth-order valence-corrected chi connectivity index (χ4v) is 8.26. The Hall–Kier alpha value is -9.29. The molecule has 1 rings (SSSR count). The Kier molecular flexibility index (Phi) is 35.2. The molecule has 0 spiro atoms. The van der Waals surface area contributed by atoms with Crippen LogP contribution in [0, 0.1) is 11.3 Å². The number of rotatable bonds is 43. The number of aliphatic carboxylic acids is 3. The molecule has 0 aromatic heterocycles. The Morgan fingerprint density at radius 3 is 1.47 bits per heavy atom. The summed E-state index contributed by atoms with van der Waals surface area (Å²) in [5.74, 6) is -17.7. The van der Waals surface area contributed by atoms with Crippen LogP contribution in [0.4, 0.5) is 0 Å². The van der Waals surface area contributed by atoms with Crippen LogP contribution in [0.15, 0.2) is 24.3 Å². The number of aliphatic hydroxyl groups excluding tert-OH is 2. The lowest BCUT2D eigenvalue weighted by Gasteiger charge is -2.29. The number of phenolic OH excluding ortho intramolecular Hbond substituents is 1. The molecule has 12 atom stereocenters. The maximum atomic E-state index is 14.5. The van der Waals surface area contributed by atoms with E-state index in [1.54, 1.807) is 13.8 Å². The van der Waals surface area contributed by atoms with Gasteiger partial charge in [0.05, 0.1) is 25.2 Å². The summed E-state index contributed by atoms with van der Waals surface area (Å²) in [4.78, 5) is 184. The molecule has 1 aromatic carbocycles. The quantitative estimate of drug-likeness (QED) is 0.0164. The number of carboxylic acids is 3. The van der Waals surface area contributed by atoms with Crippen molar-refractivity contribution < 1.29 is 97.8 Å². The lowest BCUT2D eigenvalue weighted by atomic mass is 10.00. The number of carbonyl (C=O) groups excluding carboxylic acids is 11. The van der Waals surface area contributed by atoms with Crippen molar-refractivity contribution in [3.05, 3.63) is 29.8 Å². The monoisotopic (exact) mass is 1280 g/mol. The molecule has 0 aliphatic heterocycles. The molecule has 0 unspecified atom stereocenters. The van der Waals surface area contributed by atoms with Crippen LogP contribution < -0.4 is 81.4 Å². The van der Waals surface area contributed by atoms with Crippen LogP contribution in [0.1, 0.15) is 111 Å². The van der Waals surface area contributed by atoms with Crippen molar-refractivity contribution in [2.45, 2.75) is 184 Å². The molecule has 36 heteroatoms. The Morgan fingerprint density at radius 2 is 0.967 bits per heavy atom. The minimum atomic E-state index is -2.02. The van der Waals surface area contributed by atoms with Gasteiger partial charge in [-0.15, -0.1) is 0 Å². The van der Waals surface area contributed by atoms with Gasteiger partial charge in [0.15, 0.2) is 5.96 Å². The summed E-state index contributed by atoms with van der Waals surface area (Å²) in [6.07, 6.45) is -6.01. The normalized spacial score (nSPS) is 15.0. The highest BCUT2D eigenvalue weighted by molar-refractivity contribution is 6.00. The SMILES string of the molecule is CC(C)C[C@H](NC(=O)[C@H](Cc1ccc(O)cc1)NC(=O)[C@H](CCCNC(=N)N)NC(=O)[C@H](CO)NC(=O)[C@H](C)NC(=O)[C@H](C)N)C(=O)N[C@@H](CC(=O)O)C(=O)N[C@@H](CCCCN)C(=O)N[C@H](C(=O)N[C@@H](CCC(=O)O)C(=O)N[C@@H](CCC(N)=O)C(=O)O)[C@@H](C)O. The van der Waals surface area contributed by atoms with Crippen molar-refractivity contribution in [2.75, 3.05) is 19.7 Å². The van der Waals surface area contributed by atoms with Crippen LogP contribution in [0.25, 0.3) is 0 Å². The van der Waals surface area contributed by atoms with Gasteiger partial charge in [0.25, 0.3) is 0 Å². The average Bonchev–Trinajstić information content (AvgIpc) is 1.14. The maximum absolute atomic E-state index is 14.5. The predicted octanol–water partition coefficient (Wildman–Crippen LogP) is -7.35. The van der Waals surface area contributed by atoms with Gasteiger partial charge in [-0.25, -0.2) is 4.79 Å². The van der Waals surface area contributed by atoms with Gasteiger partial charge in [-0.1, -0.05) is 26.0 Å². The second kappa shape index (κ2) is 40.3. The lowest BCUT2D eigenvalue weighted by molar-refractivity contribution is -0.143. The Balaban J connectivity index is 3.69. The fourth-order valence-electron chi connectivity index (χ4n) is 8.26. The molecule has 0 saturated heterocycles. The fraction of sp³-hybridized carbons (Fsp3) is 0.611. The van der Waals surface area contributed by atoms with Crippen LogP contribution in [0.3, 0.4) is 0 Å². The first-order valence-electron chi connectivity index (χ1n) is 28.7. The van der Waals surface area contributed by atoms with Crippen molar-refractivity contribution in [1.29, 1.82) is 5.41 Å². The average molecular weight is 1280 g/mol. The summed E-state index contributed by atoms with van der Waals surface area (Å²) in [5, 5.41) is 93.0. The number of carboxylic acid groups (broad SMARTS) is 3. The van der Waals surface area contributed by atoms with Crippen molar-refractivity contribution >= 4 is 88.8 Å². The van der Waals surface area contributed by atoms with E-state index in [2.05, 4.69) is 58.5 Å². The Labute approximate surface area is 517 Å². The molecular weight excluding hydrogens is 1190 g/mol. The van der Waals surface area contributed by atoms with Crippen LogP contribution >= 0.6 is 0 Å². The van der Waals surface area contributed by atoms with Gasteiger partial charge >= 0.3 is 17.9 Å². The number of hydrogen-bond donors (Lipinski definition) is 22. The minimum Gasteiger partial charge on any atom is -0.508 e. The van der Waals surface area contributed by atoms with Gasteiger partial charge in [-0.05, 0) is 102 Å². The van der Waals surface area contributed by atoms with Crippen LogP contribution in [-0.4, -0.2) is 212 Å². The van der Waals surface area contributed by atoms with E-state index in [0.717, 1.165) is 6.92 Å². The van der Waals surface area contributed by atoms with E-state index < -0.39 is 206 Å². The second-order valence-electron chi connectivity index (χ2n) is 21.6. The number of phenols is 1. The van der Waals surface area contributed by atoms with Crippen LogP contribution in [-0.2, 0) is 73.5 Å². The molecule has 90 heavy (non-hydrogen) atoms. The van der Waals surface area contributed by atoms with Gasteiger partial charge in [0, 0.05) is 25.8 Å². The third-order valence-corrected chi connectivity index (χ3v) is 13.2. The topological polar surface area (TPSA) is 621 Å². The van der Waals surface area contributed by atoms with E-state index in [4.69, 9.17) is 28.3 Å². The van der Waals surface area contributed by atoms with E-state index in [1.807, 2.05) is 0 Å². The van der Waals surface area contributed by atoms with Gasteiger partial charge in [0.2, 0.25) is 65.0 Å². The van der Waals surface area contributed by atoms with Crippen LogP contribution in [0.5, 0.6) is 5.75 Å². The molecule has 36 nitrogen and oxygen atoms in total. The zero-order valence-corrected chi connectivity index (χ0v) is 50.6. The molecule has 504 valence electrons. The number of aromatic hydroxyl groups is 1. The lowest BCUT2D eigenvalue weighted by Crippen LogP contribution is -2.62. The highest BCUT2D eigenvalue weighted by atomic mass is 16.4. The second-order valence-corrected chi connectivity index (χ2v) is 21.6. The molecular formula is C54H88N16O20. The molecule has 0 aliphatic carbocycles. The standard InChI is InChI=1S/C54H88N16O20/c1-25(2)21-35(66-49(85)36(22-29-11-13-30(73)14-12-29)67-45(81)32(10-8-20-60-54(58)59)63-51(87)38(24-71)69-44(80)27(4)61-43(79)26(3)56)48(84)68-37(23-41(77)78)50(86)62-31(9-6-7-19-55)47(83)70-42(28(5)72)52(88)64-33(16-18-40(75)76)46(82)65-34(53(89)90)15-17-39(57)74/h11-14,25-28,31-38,42,71-73H,6-10,15-24,55-56H2,1-5H3,(H2,57,74)(H,61,79)(H,62,86)(H,63,87)(H,64,88)(H,65,82)(H,66,85)(H,67,81)(H,68,84)(H,69,80)(H,70,83)(H,75,76)(H,77,78)(H,89,90)(H4,58,59,60)/t26-,27-,28+,31-,32-,33-,34-,35-,36-,37-,38-,42-/m0/s1. The van der Waals surface area contributed by atoms with Gasteiger partial charge in [0.1, 0.15) is 66.2 Å². The van der Waals surface area contributed by atoms with Crippen LogP contribution in [0.2, 0.25) is 0 Å². The molecule has 26 N–H and O–H groups in total. The molecule has 0 saturated carbocycles. The van der Waals surface area contributed by atoms with E-state index >= 15 is 0 Å². The number of guanidine groups is 1. The first kappa shape index (κ1) is 78.7. The Bertz CT molecular complexity index is 2660. The number of unbranched alkanes of at least 4 members (excludes halogenated alkanes) is 1. The summed E-state index contributed by atoms with van der Waals surface area (Å²) in [5.41, 5.74) is 22.1. The number of hydrogen-bond acceptors (Lipinski definition) is 20. The van der Waals surface area contributed by atoms with E-state index in [1.165, 1.54) is 38.1 Å². The summed E-state index contributed by atoms with van der Waals surface area (Å²) in [7, 11) is 0. The van der Waals surface area contributed by atoms with E-state index in [0.29, 0.717) is 5.56 Å². The minimum absolute atomic E-state index is 0.00752. The number of primary amides is 1. The summed E-state index contributed by atoms with van der Waals surface area (Å²) in [6, 6.07) is -12.7. The third-order valence-electron chi connectivity index (χ3n) is 13.2. The third kappa shape index (κ3) is 30.6. The summed E-state index contributed by atoms with van der Waals surface area (Å²) in [6.45, 7) is 6.01. The highest BCUT2D eigenvalue weighted by Crippen LogP contribution is 2.15. The van der Waals surface area contributed by atoms with Crippen molar-refractivity contribution in [3.63, 3.8) is 0 Å². The number of amides is 11. The van der Waals surface area contributed by atoms with Crippen molar-refractivity contribution in [2.24, 2.45) is 28.9 Å².